The fourth-order valence-electron chi connectivity index (χ4n) is 1.09. The summed E-state index contributed by atoms with van der Waals surface area (Å²) in [6.07, 6.45) is 0. The number of carbonyl (C=O) groups is 1. The Morgan fingerprint density at radius 3 is 2.94 bits per heavy atom. The molecule has 5 nitrogen and oxygen atoms in total. The molecule has 0 aliphatic carbocycles. The molecule has 1 rings (SSSR count). The van der Waals surface area contributed by atoms with Gasteiger partial charge in [0.25, 0.3) is 0 Å². The average Bonchev–Trinajstić information content (AvgIpc) is 2.62. The highest BCUT2D eigenvalue weighted by molar-refractivity contribution is 7.13. The summed E-state index contributed by atoms with van der Waals surface area (Å²) in [5.74, 6) is -0.114. The van der Waals surface area contributed by atoms with Crippen LogP contribution in [0.4, 0.5) is 5.13 Å². The Bertz CT molecular complexity index is 354. The van der Waals surface area contributed by atoms with Gasteiger partial charge >= 0.3 is 0 Å². The van der Waals surface area contributed by atoms with Gasteiger partial charge in [-0.2, -0.15) is 0 Å². The molecule has 0 saturated heterocycles. The van der Waals surface area contributed by atoms with Crippen LogP contribution in [0, 0.1) is 6.92 Å². The van der Waals surface area contributed by atoms with E-state index in [1.807, 2.05) is 19.2 Å². The number of aromatic nitrogens is 1. The standard InChI is InChI=1S/C10H17N3O2S/c1-7-6-16-10(11-7)12-9(15)4-13(3)8(2)5-14/h6,8,14H,4-5H2,1-3H3,(H,11,12,15). The molecular weight excluding hydrogens is 226 g/mol. The molecule has 0 spiro atoms. The number of nitrogens with zero attached hydrogens (tertiary/aromatic N) is 2. The largest absolute Gasteiger partial charge is 0.395 e. The van der Waals surface area contributed by atoms with Gasteiger partial charge in [-0.05, 0) is 20.9 Å². The molecule has 0 aromatic carbocycles. The number of nitrogens with one attached hydrogen (secondary N) is 1. The van der Waals surface area contributed by atoms with E-state index in [2.05, 4.69) is 10.3 Å². The molecule has 1 aromatic heterocycles. The number of anilines is 1. The number of rotatable bonds is 5. The number of carbonyl (C=O) groups excluding carboxylic acids is 1. The Balaban J connectivity index is 2.42. The summed E-state index contributed by atoms with van der Waals surface area (Å²) in [6, 6.07) is -0.0243. The lowest BCUT2D eigenvalue weighted by molar-refractivity contribution is -0.117. The molecule has 1 heterocycles. The van der Waals surface area contributed by atoms with Crippen molar-refractivity contribution in [2.24, 2.45) is 0 Å². The van der Waals surface area contributed by atoms with Crippen molar-refractivity contribution < 1.29 is 9.90 Å². The van der Waals surface area contributed by atoms with E-state index in [9.17, 15) is 4.79 Å². The fourth-order valence-corrected chi connectivity index (χ4v) is 1.80. The van der Waals surface area contributed by atoms with E-state index in [0.717, 1.165) is 5.69 Å². The highest BCUT2D eigenvalue weighted by atomic mass is 32.1. The van der Waals surface area contributed by atoms with Crippen LogP contribution in [0.1, 0.15) is 12.6 Å². The topological polar surface area (TPSA) is 65.5 Å². The molecule has 0 bridgehead atoms. The Labute approximate surface area is 99.1 Å². The van der Waals surface area contributed by atoms with Gasteiger partial charge in [-0.3, -0.25) is 9.69 Å². The van der Waals surface area contributed by atoms with E-state index in [1.54, 1.807) is 11.9 Å². The molecule has 0 saturated carbocycles. The Kier molecular flexibility index (Phi) is 4.85. The maximum Gasteiger partial charge on any atom is 0.240 e. The highest BCUT2D eigenvalue weighted by Gasteiger charge is 2.12. The summed E-state index contributed by atoms with van der Waals surface area (Å²) < 4.78 is 0. The third-order valence-corrected chi connectivity index (χ3v) is 3.15. The summed E-state index contributed by atoms with van der Waals surface area (Å²) in [6.45, 7) is 4.04. The number of hydrogen-bond donors (Lipinski definition) is 2. The van der Waals surface area contributed by atoms with Crippen molar-refractivity contribution in [3.05, 3.63) is 11.1 Å². The second kappa shape index (κ2) is 5.93. The predicted molar refractivity (Wildman–Crippen MR) is 64.7 cm³/mol. The first-order valence-electron chi connectivity index (χ1n) is 5.06. The SMILES string of the molecule is Cc1csc(NC(=O)CN(C)C(C)CO)n1. The average molecular weight is 243 g/mol. The van der Waals surface area contributed by atoms with Gasteiger partial charge in [0.15, 0.2) is 5.13 Å². The molecule has 2 N–H and O–H groups in total. The minimum Gasteiger partial charge on any atom is -0.395 e. The minimum absolute atomic E-state index is 0.0243. The van der Waals surface area contributed by atoms with Crippen LogP contribution in [0.25, 0.3) is 0 Å². The van der Waals surface area contributed by atoms with Crippen molar-refractivity contribution in [2.75, 3.05) is 25.5 Å². The summed E-state index contributed by atoms with van der Waals surface area (Å²) in [7, 11) is 1.80. The quantitative estimate of drug-likeness (QED) is 0.799. The Hall–Kier alpha value is -0.980. The van der Waals surface area contributed by atoms with E-state index in [1.165, 1.54) is 11.3 Å². The lowest BCUT2D eigenvalue weighted by atomic mass is 10.3. The summed E-state index contributed by atoms with van der Waals surface area (Å²) in [4.78, 5) is 17.5. The normalized spacial score (nSPS) is 12.8. The smallest absolute Gasteiger partial charge is 0.240 e. The van der Waals surface area contributed by atoms with Crippen molar-refractivity contribution in [3.8, 4) is 0 Å². The fraction of sp³-hybridized carbons (Fsp3) is 0.600. The van der Waals surface area contributed by atoms with Crippen LogP contribution in [0.15, 0.2) is 5.38 Å². The number of likely N-dealkylation sites (N-methyl/N-ethyl adjacent to an activating group) is 1. The second-order valence-corrected chi connectivity index (χ2v) is 4.65. The van der Waals surface area contributed by atoms with Gasteiger partial charge in [-0.1, -0.05) is 0 Å². The van der Waals surface area contributed by atoms with Crippen molar-refractivity contribution >= 4 is 22.4 Å². The molecule has 0 aliphatic rings. The Morgan fingerprint density at radius 2 is 2.44 bits per heavy atom. The number of amides is 1. The first kappa shape index (κ1) is 13.1. The number of thiazole rings is 1. The molecule has 1 atom stereocenters. The van der Waals surface area contributed by atoms with E-state index in [4.69, 9.17) is 5.11 Å². The maximum atomic E-state index is 11.6. The molecule has 1 aromatic rings. The molecular formula is C10H17N3O2S. The van der Waals surface area contributed by atoms with E-state index in [-0.39, 0.29) is 25.1 Å². The number of aryl methyl sites for hydroxylation is 1. The molecule has 0 radical (unpaired) electrons. The van der Waals surface area contributed by atoms with Crippen molar-refractivity contribution in [1.29, 1.82) is 0 Å². The molecule has 90 valence electrons. The lowest BCUT2D eigenvalue weighted by Gasteiger charge is -2.21. The molecule has 0 aliphatic heterocycles. The van der Waals surface area contributed by atoms with E-state index < -0.39 is 0 Å². The molecule has 6 heteroatoms. The monoisotopic (exact) mass is 243 g/mol. The van der Waals surface area contributed by atoms with Crippen LogP contribution >= 0.6 is 11.3 Å². The van der Waals surface area contributed by atoms with Crippen molar-refractivity contribution in [3.63, 3.8) is 0 Å². The third kappa shape index (κ3) is 3.88. The maximum absolute atomic E-state index is 11.6. The zero-order valence-electron chi connectivity index (χ0n) is 9.73. The van der Waals surface area contributed by atoms with Gasteiger partial charge in [-0.25, -0.2) is 4.98 Å². The molecule has 16 heavy (non-hydrogen) atoms. The van der Waals surface area contributed by atoms with Crippen molar-refractivity contribution in [2.45, 2.75) is 19.9 Å². The van der Waals surface area contributed by atoms with Gasteiger partial charge < -0.3 is 10.4 Å². The van der Waals surface area contributed by atoms with Crippen LogP contribution in [0.5, 0.6) is 0 Å². The minimum atomic E-state index is -0.114. The zero-order chi connectivity index (χ0) is 12.1. The second-order valence-electron chi connectivity index (χ2n) is 3.79. The molecule has 1 unspecified atom stereocenters. The summed E-state index contributed by atoms with van der Waals surface area (Å²) >= 11 is 1.41. The first-order chi connectivity index (χ1) is 7.52. The van der Waals surface area contributed by atoms with Crippen LogP contribution in [-0.2, 0) is 4.79 Å². The third-order valence-electron chi connectivity index (χ3n) is 2.28. The van der Waals surface area contributed by atoms with Crippen LogP contribution in [0.2, 0.25) is 0 Å². The summed E-state index contributed by atoms with van der Waals surface area (Å²) in [5, 5.41) is 14.1. The van der Waals surface area contributed by atoms with Crippen molar-refractivity contribution in [1.82, 2.24) is 9.88 Å². The summed E-state index contributed by atoms with van der Waals surface area (Å²) in [5.41, 5.74) is 0.900. The van der Waals surface area contributed by atoms with E-state index >= 15 is 0 Å². The highest BCUT2D eigenvalue weighted by Crippen LogP contribution is 2.14. The van der Waals surface area contributed by atoms with Gasteiger partial charge in [0.2, 0.25) is 5.91 Å². The first-order valence-corrected chi connectivity index (χ1v) is 5.94. The van der Waals surface area contributed by atoms with Gasteiger partial charge in [0.1, 0.15) is 0 Å². The van der Waals surface area contributed by atoms with Gasteiger partial charge in [-0.15, -0.1) is 11.3 Å². The number of aliphatic hydroxyl groups is 1. The van der Waals surface area contributed by atoms with Gasteiger partial charge in [0, 0.05) is 11.4 Å². The van der Waals surface area contributed by atoms with Crippen LogP contribution < -0.4 is 5.32 Å². The zero-order valence-corrected chi connectivity index (χ0v) is 10.5. The van der Waals surface area contributed by atoms with E-state index in [0.29, 0.717) is 5.13 Å². The number of aliphatic hydroxyl groups excluding tert-OH is 1. The van der Waals surface area contributed by atoms with Gasteiger partial charge in [0.05, 0.1) is 18.8 Å². The van der Waals surface area contributed by atoms with Crippen LogP contribution in [-0.4, -0.2) is 47.1 Å². The number of hydrogen-bond acceptors (Lipinski definition) is 5. The van der Waals surface area contributed by atoms with Crippen LogP contribution in [0.3, 0.4) is 0 Å². The predicted octanol–water partition coefficient (Wildman–Crippen LogP) is 0.703. The Morgan fingerprint density at radius 1 is 1.75 bits per heavy atom. The molecule has 1 amide bonds. The molecule has 0 fully saturated rings. The lowest BCUT2D eigenvalue weighted by Crippen LogP contribution is -2.38.